The molecule has 33 heavy (non-hydrogen) atoms. The Morgan fingerprint density at radius 2 is 1.70 bits per heavy atom. The van der Waals surface area contributed by atoms with Gasteiger partial charge in [0.15, 0.2) is 0 Å². The van der Waals surface area contributed by atoms with Crippen LogP contribution in [0.1, 0.15) is 65.4 Å². The molecule has 1 fully saturated rings. The number of hydrogen-bond acceptors (Lipinski definition) is 5. The van der Waals surface area contributed by atoms with Crippen molar-refractivity contribution in [3.63, 3.8) is 0 Å². The minimum Gasteiger partial charge on any atom is -0.490 e. The second kappa shape index (κ2) is 10.9. The monoisotopic (exact) mass is 474 g/mol. The van der Waals surface area contributed by atoms with Crippen LogP contribution >= 0.6 is 0 Å². The minimum atomic E-state index is -3.49. The lowest BCUT2D eigenvalue weighted by Gasteiger charge is -2.37. The van der Waals surface area contributed by atoms with Crippen molar-refractivity contribution in [3.05, 3.63) is 42.0 Å². The van der Waals surface area contributed by atoms with Crippen LogP contribution in [-0.2, 0) is 21.4 Å². The van der Waals surface area contributed by atoms with E-state index in [1.807, 2.05) is 6.07 Å². The molecule has 0 saturated heterocycles. The lowest BCUT2D eigenvalue weighted by molar-refractivity contribution is -0.119. The first-order chi connectivity index (χ1) is 15.6. The van der Waals surface area contributed by atoms with E-state index in [0.717, 1.165) is 40.8 Å². The van der Waals surface area contributed by atoms with Crippen LogP contribution in [-0.4, -0.2) is 32.7 Å². The summed E-state index contributed by atoms with van der Waals surface area (Å²) in [5.74, 6) is 1.12. The van der Waals surface area contributed by atoms with Crippen LogP contribution in [0, 0.1) is 11.3 Å². The third-order valence-electron chi connectivity index (χ3n) is 6.59. The molecule has 0 heterocycles. The van der Waals surface area contributed by atoms with Gasteiger partial charge in [0.2, 0.25) is 15.9 Å². The van der Waals surface area contributed by atoms with Crippen LogP contribution in [0.2, 0.25) is 0 Å². The van der Waals surface area contributed by atoms with Crippen molar-refractivity contribution in [1.82, 2.24) is 10.0 Å². The minimum absolute atomic E-state index is 0.103. The summed E-state index contributed by atoms with van der Waals surface area (Å²) in [4.78, 5) is 11.7. The molecular weight excluding hydrogens is 436 g/mol. The summed E-state index contributed by atoms with van der Waals surface area (Å²) in [5.41, 5.74) is 1.49. The largest absolute Gasteiger partial charge is 0.490 e. The van der Waals surface area contributed by atoms with Gasteiger partial charge in [-0.3, -0.25) is 9.52 Å². The Labute approximate surface area is 198 Å². The predicted octanol–water partition coefficient (Wildman–Crippen LogP) is 4.77. The zero-order chi connectivity index (χ0) is 24.1. The van der Waals surface area contributed by atoms with Crippen LogP contribution in [0.15, 0.2) is 36.4 Å². The maximum absolute atomic E-state index is 11.7. The van der Waals surface area contributed by atoms with Crippen LogP contribution in [0.3, 0.4) is 0 Å². The summed E-state index contributed by atoms with van der Waals surface area (Å²) >= 11 is 0. The molecular formula is C26H38N2O4S. The highest BCUT2D eigenvalue weighted by Gasteiger charge is 2.30. The zero-order valence-electron chi connectivity index (χ0n) is 20.3. The number of amides is 1. The maximum Gasteiger partial charge on any atom is 0.234 e. The number of fused-ring (bicyclic) bond motifs is 1. The molecule has 0 aromatic heterocycles. The predicted molar refractivity (Wildman–Crippen MR) is 134 cm³/mol. The molecule has 7 heteroatoms. The van der Waals surface area contributed by atoms with Crippen molar-refractivity contribution in [2.24, 2.45) is 11.3 Å². The van der Waals surface area contributed by atoms with E-state index in [-0.39, 0.29) is 12.2 Å². The summed E-state index contributed by atoms with van der Waals surface area (Å²) in [5, 5.41) is 5.49. The zero-order valence-corrected chi connectivity index (χ0v) is 21.1. The molecule has 3 rings (SSSR count). The number of carbonyl (C=O) groups is 1. The Bertz CT molecular complexity index is 1050. The van der Waals surface area contributed by atoms with Gasteiger partial charge in [-0.05, 0) is 78.5 Å². The smallest absolute Gasteiger partial charge is 0.234 e. The summed E-state index contributed by atoms with van der Waals surface area (Å²) in [7, 11) is -3.49. The Morgan fingerprint density at radius 3 is 2.36 bits per heavy atom. The molecule has 1 saturated carbocycles. The fourth-order valence-electron chi connectivity index (χ4n) is 4.43. The molecule has 2 aromatic carbocycles. The number of hydrogen-bond donors (Lipinski definition) is 2. The van der Waals surface area contributed by atoms with Gasteiger partial charge in [0.25, 0.3) is 0 Å². The van der Waals surface area contributed by atoms with Crippen LogP contribution in [0.25, 0.3) is 10.8 Å². The van der Waals surface area contributed by atoms with Crippen molar-refractivity contribution in [3.8, 4) is 5.75 Å². The Morgan fingerprint density at radius 1 is 1.03 bits per heavy atom. The Balaban J connectivity index is 1.48. The first kappa shape index (κ1) is 25.5. The maximum atomic E-state index is 11.7. The molecule has 0 unspecified atom stereocenters. The van der Waals surface area contributed by atoms with Gasteiger partial charge in [-0.15, -0.1) is 0 Å². The third kappa shape index (κ3) is 7.71. The third-order valence-corrected chi connectivity index (χ3v) is 7.88. The summed E-state index contributed by atoms with van der Waals surface area (Å²) in [6, 6.07) is 12.5. The van der Waals surface area contributed by atoms with E-state index in [0.29, 0.717) is 24.6 Å². The summed E-state index contributed by atoms with van der Waals surface area (Å²) in [6.45, 7) is 9.53. The first-order valence-electron chi connectivity index (χ1n) is 12.0. The molecule has 182 valence electrons. The molecule has 0 radical (unpaired) electrons. The van der Waals surface area contributed by atoms with Crippen molar-refractivity contribution < 1.29 is 17.9 Å². The first-order valence-corrected chi connectivity index (χ1v) is 13.6. The Kier molecular flexibility index (Phi) is 8.40. The fourth-order valence-corrected chi connectivity index (χ4v) is 5.02. The number of benzene rings is 2. The highest BCUT2D eigenvalue weighted by molar-refractivity contribution is 7.90. The standard InChI is InChI=1S/C26H38N2O4S/c1-5-33(30,31)28-25(29)14-15-27-18-19-6-7-21-17-24(11-8-20(21)16-19)32-23-12-9-22(10-13-23)26(2,3)4/h6-8,11,16-17,22-23,27H,5,9-10,12-15,18H2,1-4H3,(H,28,29)/t22-,23-. The number of rotatable bonds is 9. The van der Waals surface area contributed by atoms with E-state index in [4.69, 9.17) is 4.74 Å². The van der Waals surface area contributed by atoms with Crippen molar-refractivity contribution in [2.75, 3.05) is 12.3 Å². The molecule has 0 atom stereocenters. The molecule has 1 aliphatic carbocycles. The molecule has 0 spiro atoms. The fraction of sp³-hybridized carbons (Fsp3) is 0.577. The van der Waals surface area contributed by atoms with E-state index in [1.165, 1.54) is 19.8 Å². The number of nitrogens with one attached hydrogen (secondary N) is 2. The van der Waals surface area contributed by atoms with Gasteiger partial charge in [0.1, 0.15) is 5.75 Å². The summed E-state index contributed by atoms with van der Waals surface area (Å²) < 4.78 is 31.2. The lowest BCUT2D eigenvalue weighted by atomic mass is 9.72. The van der Waals surface area contributed by atoms with E-state index in [1.54, 1.807) is 0 Å². The van der Waals surface area contributed by atoms with Gasteiger partial charge in [0, 0.05) is 19.5 Å². The molecule has 2 aromatic rings. The molecule has 1 amide bonds. The average Bonchev–Trinajstić information content (AvgIpc) is 2.76. The topological polar surface area (TPSA) is 84.5 Å². The SMILES string of the molecule is CCS(=O)(=O)NC(=O)CCNCc1ccc2cc(O[C@H]3CC[C@H](C(C)(C)C)CC3)ccc2c1. The summed E-state index contributed by atoms with van der Waals surface area (Å²) in [6.07, 6.45) is 5.11. The number of sulfonamides is 1. The van der Waals surface area contributed by atoms with Gasteiger partial charge in [0.05, 0.1) is 11.9 Å². The molecule has 0 bridgehead atoms. The van der Waals surface area contributed by atoms with Crippen molar-refractivity contribution >= 4 is 26.7 Å². The normalized spacial score (nSPS) is 19.4. The van der Waals surface area contributed by atoms with E-state index in [2.05, 4.69) is 61.1 Å². The molecule has 6 nitrogen and oxygen atoms in total. The van der Waals surface area contributed by atoms with Crippen LogP contribution < -0.4 is 14.8 Å². The van der Waals surface area contributed by atoms with Gasteiger partial charge >= 0.3 is 0 Å². The number of ether oxygens (including phenoxy) is 1. The number of carbonyl (C=O) groups excluding carboxylic acids is 1. The van der Waals surface area contributed by atoms with E-state index in [9.17, 15) is 13.2 Å². The van der Waals surface area contributed by atoms with E-state index < -0.39 is 15.9 Å². The highest BCUT2D eigenvalue weighted by atomic mass is 32.2. The van der Waals surface area contributed by atoms with Crippen LogP contribution in [0.4, 0.5) is 0 Å². The second-order valence-corrected chi connectivity index (χ2v) is 12.2. The quantitative estimate of drug-likeness (QED) is 0.512. The molecule has 1 aliphatic rings. The second-order valence-electron chi connectivity index (χ2n) is 10.2. The Hall–Kier alpha value is -2.12. The van der Waals surface area contributed by atoms with Gasteiger partial charge in [-0.1, -0.05) is 39.0 Å². The van der Waals surface area contributed by atoms with Gasteiger partial charge in [-0.25, -0.2) is 8.42 Å². The molecule has 2 N–H and O–H groups in total. The van der Waals surface area contributed by atoms with Gasteiger partial charge in [-0.2, -0.15) is 0 Å². The average molecular weight is 475 g/mol. The molecule has 0 aliphatic heterocycles. The van der Waals surface area contributed by atoms with Crippen LogP contribution in [0.5, 0.6) is 5.75 Å². The highest BCUT2D eigenvalue weighted by Crippen LogP contribution is 2.39. The van der Waals surface area contributed by atoms with Crippen molar-refractivity contribution in [2.45, 2.75) is 72.4 Å². The van der Waals surface area contributed by atoms with Gasteiger partial charge < -0.3 is 10.1 Å². The van der Waals surface area contributed by atoms with Crippen molar-refractivity contribution in [1.29, 1.82) is 0 Å². The lowest BCUT2D eigenvalue weighted by Crippen LogP contribution is -2.33. The van der Waals surface area contributed by atoms with E-state index >= 15 is 0 Å².